The number of aliphatic hydroxyl groups excluding tert-OH is 3. The summed E-state index contributed by atoms with van der Waals surface area (Å²) in [6.07, 6.45) is 27.3. The van der Waals surface area contributed by atoms with Crippen LogP contribution in [-0.4, -0.2) is 96.0 Å². The number of aliphatic hydroxyl groups is 3. The summed E-state index contributed by atoms with van der Waals surface area (Å²) in [7, 11) is -4.60. The molecule has 0 aromatic rings. The average molecular weight is 801 g/mol. The monoisotopic (exact) mass is 800 g/mol. The molecule has 0 bridgehead atoms. The van der Waals surface area contributed by atoms with E-state index in [0.717, 1.165) is 89.9 Å². The molecule has 6 atom stereocenters. The second kappa shape index (κ2) is 32.7. The van der Waals surface area contributed by atoms with Gasteiger partial charge in [0.1, 0.15) is 36.8 Å². The number of rotatable bonds is 33. The Hall–Kier alpha value is -2.39. The molecule has 1 heterocycles. The fraction of sp³-hybridized carbons (Fsp3) is 0.762. The summed E-state index contributed by atoms with van der Waals surface area (Å²) in [5.41, 5.74) is 0. The Bertz CT molecular complexity index is 1210. The van der Waals surface area contributed by atoms with Crippen molar-refractivity contribution in [3.8, 4) is 0 Å². The molecule has 55 heavy (non-hydrogen) atoms. The standard InChI is InChI=1S/C42H72O12S/c1-3-5-7-9-11-13-15-17-18-19-21-23-25-27-29-31-38(44)53-35(33-52-42-41(47)40(46)39(45)36(54-42)34-55(48,49)50)32-51-37(43)30-28-26-24-22-20-16-14-12-10-8-6-4-2/h5,7,11-14,17-18,35-36,39-42,45-47H,3-4,6,8-10,15-16,19-34H2,1-2H3,(H,48,49,50)/b7-5+,13-11+,14-12+,18-17+/t35-,36-,39-,40?,41?,42+/m1/s1. The normalized spacial score (nSPS) is 21.3. The molecule has 1 fully saturated rings. The highest BCUT2D eigenvalue weighted by atomic mass is 32.2. The smallest absolute Gasteiger partial charge is 0.306 e. The first-order chi connectivity index (χ1) is 26.5. The topological polar surface area (TPSA) is 186 Å². The van der Waals surface area contributed by atoms with Gasteiger partial charge in [-0.3, -0.25) is 14.1 Å². The molecule has 1 saturated heterocycles. The molecule has 0 aromatic carbocycles. The summed E-state index contributed by atoms with van der Waals surface area (Å²) in [5, 5.41) is 30.8. The van der Waals surface area contributed by atoms with E-state index in [2.05, 4.69) is 62.5 Å². The van der Waals surface area contributed by atoms with Gasteiger partial charge in [-0.1, -0.05) is 114 Å². The number of hydrogen-bond donors (Lipinski definition) is 4. The minimum atomic E-state index is -4.60. The van der Waals surface area contributed by atoms with Crippen LogP contribution in [0.15, 0.2) is 48.6 Å². The van der Waals surface area contributed by atoms with Gasteiger partial charge in [0.2, 0.25) is 0 Å². The fourth-order valence-corrected chi connectivity index (χ4v) is 6.61. The maximum atomic E-state index is 12.8. The summed E-state index contributed by atoms with van der Waals surface area (Å²) < 4.78 is 53.9. The van der Waals surface area contributed by atoms with Crippen molar-refractivity contribution >= 4 is 22.1 Å². The van der Waals surface area contributed by atoms with Crippen LogP contribution in [0.25, 0.3) is 0 Å². The molecule has 2 unspecified atom stereocenters. The van der Waals surface area contributed by atoms with Crippen molar-refractivity contribution < 1.29 is 56.8 Å². The van der Waals surface area contributed by atoms with E-state index in [4.69, 9.17) is 18.9 Å². The van der Waals surface area contributed by atoms with Crippen molar-refractivity contribution in [2.24, 2.45) is 0 Å². The molecule has 318 valence electrons. The van der Waals surface area contributed by atoms with Gasteiger partial charge < -0.3 is 34.3 Å². The number of hydrogen-bond acceptors (Lipinski definition) is 11. The van der Waals surface area contributed by atoms with E-state index < -0.39 is 71.2 Å². The average Bonchev–Trinajstić information content (AvgIpc) is 3.14. The third-order valence-electron chi connectivity index (χ3n) is 9.14. The van der Waals surface area contributed by atoms with Crippen molar-refractivity contribution in [3.63, 3.8) is 0 Å². The van der Waals surface area contributed by atoms with Crippen LogP contribution in [0.2, 0.25) is 0 Å². The number of esters is 2. The van der Waals surface area contributed by atoms with E-state index in [1.807, 2.05) is 0 Å². The van der Waals surface area contributed by atoms with Crippen LogP contribution in [0.1, 0.15) is 149 Å². The van der Waals surface area contributed by atoms with E-state index >= 15 is 0 Å². The van der Waals surface area contributed by atoms with Gasteiger partial charge in [-0.2, -0.15) is 8.42 Å². The summed E-state index contributed by atoms with van der Waals surface area (Å²) >= 11 is 0. The number of unbranched alkanes of at least 4 members (excludes halogenated alkanes) is 13. The van der Waals surface area contributed by atoms with E-state index in [1.54, 1.807) is 0 Å². The molecule has 1 aliphatic rings. The van der Waals surface area contributed by atoms with Crippen LogP contribution >= 0.6 is 0 Å². The highest BCUT2D eigenvalue weighted by molar-refractivity contribution is 7.85. The number of ether oxygens (including phenoxy) is 4. The second-order valence-electron chi connectivity index (χ2n) is 14.3. The van der Waals surface area contributed by atoms with E-state index in [0.29, 0.717) is 12.8 Å². The van der Waals surface area contributed by atoms with Crippen LogP contribution in [0.3, 0.4) is 0 Å². The molecule has 0 spiro atoms. The molecular formula is C42H72O12S. The van der Waals surface area contributed by atoms with Crippen molar-refractivity contribution in [2.75, 3.05) is 19.0 Å². The van der Waals surface area contributed by atoms with Crippen LogP contribution in [0.5, 0.6) is 0 Å². The van der Waals surface area contributed by atoms with E-state index in [1.165, 1.54) is 19.3 Å². The van der Waals surface area contributed by atoms with E-state index in [-0.39, 0.29) is 19.4 Å². The first-order valence-corrected chi connectivity index (χ1v) is 22.3. The quantitative estimate of drug-likeness (QED) is 0.0221. The third kappa shape index (κ3) is 27.8. The molecule has 1 aliphatic heterocycles. The maximum absolute atomic E-state index is 12.8. The van der Waals surface area contributed by atoms with Gasteiger partial charge in [-0.05, 0) is 70.6 Å². The fourth-order valence-electron chi connectivity index (χ4n) is 5.92. The minimum Gasteiger partial charge on any atom is -0.462 e. The summed E-state index contributed by atoms with van der Waals surface area (Å²) in [6.45, 7) is 3.57. The van der Waals surface area contributed by atoms with Crippen LogP contribution in [0, 0.1) is 0 Å². The van der Waals surface area contributed by atoms with Crippen molar-refractivity contribution in [1.29, 1.82) is 0 Å². The van der Waals surface area contributed by atoms with Crippen molar-refractivity contribution in [3.05, 3.63) is 48.6 Å². The Morgan fingerprint density at radius 3 is 1.73 bits per heavy atom. The highest BCUT2D eigenvalue weighted by Gasteiger charge is 2.46. The Kier molecular flexibility index (Phi) is 30.1. The first kappa shape index (κ1) is 50.6. The zero-order valence-corrected chi connectivity index (χ0v) is 34.3. The van der Waals surface area contributed by atoms with Gasteiger partial charge in [0, 0.05) is 12.8 Å². The highest BCUT2D eigenvalue weighted by Crippen LogP contribution is 2.24. The van der Waals surface area contributed by atoms with Crippen LogP contribution in [0.4, 0.5) is 0 Å². The summed E-state index contributed by atoms with van der Waals surface area (Å²) in [4.78, 5) is 25.3. The number of carbonyl (C=O) groups is 2. The third-order valence-corrected chi connectivity index (χ3v) is 9.89. The number of allylic oxidation sites excluding steroid dienone is 8. The molecule has 0 aromatic heterocycles. The molecule has 0 radical (unpaired) electrons. The lowest BCUT2D eigenvalue weighted by molar-refractivity contribution is -0.297. The number of carbonyl (C=O) groups excluding carboxylic acids is 2. The summed E-state index contributed by atoms with van der Waals surface area (Å²) in [6, 6.07) is 0. The minimum absolute atomic E-state index is 0.142. The van der Waals surface area contributed by atoms with Crippen LogP contribution < -0.4 is 0 Å². The molecule has 1 rings (SSSR count). The van der Waals surface area contributed by atoms with Crippen LogP contribution in [-0.2, 0) is 38.7 Å². The van der Waals surface area contributed by atoms with Gasteiger partial charge >= 0.3 is 11.9 Å². The van der Waals surface area contributed by atoms with Gasteiger partial charge in [-0.25, -0.2) is 0 Å². The molecule has 12 nitrogen and oxygen atoms in total. The van der Waals surface area contributed by atoms with Gasteiger partial charge in [0.05, 0.1) is 6.61 Å². The SMILES string of the molecule is CC/C=C/C/C=C/C/C=C/CCCCCCCC(=O)O[C@H](COC(=O)CCCCCCC/C=C/CCCCC)CO[C@H]1O[C@H](CS(=O)(=O)O)[C@@H](O)C(O)C1O. The molecule has 0 aliphatic carbocycles. The van der Waals surface area contributed by atoms with Gasteiger partial charge in [-0.15, -0.1) is 0 Å². The van der Waals surface area contributed by atoms with Crippen molar-refractivity contribution in [1.82, 2.24) is 0 Å². The lowest BCUT2D eigenvalue weighted by atomic mass is 10.00. The van der Waals surface area contributed by atoms with Gasteiger partial charge in [0.15, 0.2) is 12.4 Å². The second-order valence-corrected chi connectivity index (χ2v) is 15.8. The predicted molar refractivity (Wildman–Crippen MR) is 215 cm³/mol. The molecule has 4 N–H and O–H groups in total. The Morgan fingerprint density at radius 1 is 0.636 bits per heavy atom. The molecule has 0 saturated carbocycles. The Morgan fingerprint density at radius 2 is 1.15 bits per heavy atom. The zero-order chi connectivity index (χ0) is 40.6. The maximum Gasteiger partial charge on any atom is 0.306 e. The lowest BCUT2D eigenvalue weighted by Gasteiger charge is -2.40. The molecular weight excluding hydrogens is 729 g/mol. The van der Waals surface area contributed by atoms with Gasteiger partial charge in [0.25, 0.3) is 10.1 Å². The van der Waals surface area contributed by atoms with E-state index in [9.17, 15) is 37.9 Å². The summed E-state index contributed by atoms with van der Waals surface area (Å²) in [5.74, 6) is -2.02. The predicted octanol–water partition coefficient (Wildman–Crippen LogP) is 7.61. The molecule has 13 heteroatoms. The Labute approximate surface area is 331 Å². The first-order valence-electron chi connectivity index (χ1n) is 20.7. The Balaban J connectivity index is 2.52. The largest absolute Gasteiger partial charge is 0.462 e. The molecule has 0 amide bonds. The van der Waals surface area contributed by atoms with Crippen molar-refractivity contribution in [2.45, 2.75) is 185 Å². The lowest BCUT2D eigenvalue weighted by Crippen LogP contribution is -2.60. The zero-order valence-electron chi connectivity index (χ0n) is 33.5.